The minimum atomic E-state index is 0.0399. The molecule has 0 aliphatic rings. The third-order valence-corrected chi connectivity index (χ3v) is 2.87. The Morgan fingerprint density at radius 3 is 2.44 bits per heavy atom. The lowest BCUT2D eigenvalue weighted by Gasteiger charge is -2.11. The van der Waals surface area contributed by atoms with Gasteiger partial charge in [0.2, 0.25) is 0 Å². The van der Waals surface area contributed by atoms with Gasteiger partial charge in [0.1, 0.15) is 0 Å². The van der Waals surface area contributed by atoms with Gasteiger partial charge in [-0.25, -0.2) is 0 Å². The maximum Gasteiger partial charge on any atom is 0.161 e. The Bertz CT molecular complexity index is 455. The molecule has 0 atom stereocenters. The monoisotopic (exact) mass is 281 g/mol. The largest absolute Gasteiger partial charge is 0.344 e. The van der Waals surface area contributed by atoms with Gasteiger partial charge in [0.05, 0.1) is 0 Å². The van der Waals surface area contributed by atoms with Crippen molar-refractivity contribution in [3.8, 4) is 0 Å². The minimum absolute atomic E-state index is 0.0399. The van der Waals surface area contributed by atoms with Gasteiger partial charge < -0.3 is 4.57 Å². The Hall–Kier alpha value is -1.09. The Morgan fingerprint density at radius 2 is 2.12 bits per heavy atom. The first-order chi connectivity index (χ1) is 7.40. The summed E-state index contributed by atoms with van der Waals surface area (Å²) in [5, 5.41) is 0. The summed E-state index contributed by atoms with van der Waals surface area (Å²) in [5.74, 6) is 0.0399. The molecule has 1 rings (SSSR count). The molecule has 2 nitrogen and oxygen atoms in total. The predicted molar refractivity (Wildman–Crippen MR) is 72.9 cm³/mol. The molecule has 0 amide bonds. The zero-order chi connectivity index (χ0) is 12.5. The van der Waals surface area contributed by atoms with Gasteiger partial charge in [-0.15, -0.1) is 0 Å². The van der Waals surface area contributed by atoms with Crippen molar-refractivity contribution < 1.29 is 4.79 Å². The van der Waals surface area contributed by atoms with Gasteiger partial charge in [0.15, 0.2) is 5.78 Å². The normalized spacial score (nSPS) is 10.6. The lowest BCUT2D eigenvalue weighted by Crippen LogP contribution is -2.01. The zero-order valence-corrected chi connectivity index (χ0v) is 11.5. The summed E-state index contributed by atoms with van der Waals surface area (Å²) in [4.78, 5) is 11.6. The van der Waals surface area contributed by atoms with Gasteiger partial charge in [-0.05, 0) is 26.8 Å². The molecule has 0 unspecified atom stereocenters. The number of hydrogen-bond donors (Lipinski definition) is 0. The number of aromatic nitrogens is 1. The van der Waals surface area contributed by atoms with E-state index in [2.05, 4.69) is 42.9 Å². The van der Waals surface area contributed by atoms with E-state index in [0.29, 0.717) is 10.0 Å². The Labute approximate surface area is 105 Å². The number of ketones is 1. The van der Waals surface area contributed by atoms with Crippen LogP contribution in [-0.2, 0) is 0 Å². The van der Waals surface area contributed by atoms with Crippen LogP contribution in [0.2, 0.25) is 0 Å². The van der Waals surface area contributed by atoms with E-state index in [9.17, 15) is 4.79 Å². The van der Waals surface area contributed by atoms with Crippen molar-refractivity contribution in [1.82, 2.24) is 4.57 Å². The maximum atomic E-state index is 11.6. The quantitative estimate of drug-likeness (QED) is 0.755. The van der Waals surface area contributed by atoms with Crippen LogP contribution >= 0.6 is 15.9 Å². The van der Waals surface area contributed by atoms with Gasteiger partial charge in [-0.2, -0.15) is 0 Å². The summed E-state index contributed by atoms with van der Waals surface area (Å²) in [6.45, 7) is 13.3. The standard InChI is InChI=1S/C13H16BrNO/c1-6-12-13(9(4)14)11(10(5)16)7-15(12)8(2)3/h6-8H,1,4H2,2-3,5H3. The number of rotatable bonds is 4. The molecule has 0 spiro atoms. The van der Waals surface area contributed by atoms with Gasteiger partial charge in [-0.3, -0.25) is 4.79 Å². The topological polar surface area (TPSA) is 22.0 Å². The van der Waals surface area contributed by atoms with E-state index in [-0.39, 0.29) is 11.8 Å². The van der Waals surface area contributed by atoms with Gasteiger partial charge >= 0.3 is 0 Å². The number of carbonyl (C=O) groups is 1. The number of nitrogens with zero attached hydrogens (tertiary/aromatic N) is 1. The van der Waals surface area contributed by atoms with Crippen molar-refractivity contribution in [1.29, 1.82) is 0 Å². The molecule has 0 aromatic carbocycles. The molecule has 1 aromatic heterocycles. The van der Waals surface area contributed by atoms with E-state index in [1.165, 1.54) is 0 Å². The van der Waals surface area contributed by atoms with E-state index in [0.717, 1.165) is 11.3 Å². The maximum absolute atomic E-state index is 11.6. The summed E-state index contributed by atoms with van der Waals surface area (Å²) >= 11 is 3.35. The molecule has 0 bridgehead atoms. The summed E-state index contributed by atoms with van der Waals surface area (Å²) in [6, 6.07) is 0.284. The van der Waals surface area contributed by atoms with E-state index in [1.807, 2.05) is 10.8 Å². The molecule has 0 saturated heterocycles. The number of halogens is 1. The van der Waals surface area contributed by atoms with Crippen LogP contribution in [0.3, 0.4) is 0 Å². The highest BCUT2D eigenvalue weighted by molar-refractivity contribution is 9.15. The van der Waals surface area contributed by atoms with Crippen LogP contribution in [0.1, 0.15) is 48.4 Å². The van der Waals surface area contributed by atoms with Gasteiger partial charge in [0.25, 0.3) is 0 Å². The summed E-state index contributed by atoms with van der Waals surface area (Å²) in [7, 11) is 0. The van der Waals surface area contributed by atoms with E-state index >= 15 is 0 Å². The molecule has 3 heteroatoms. The molecule has 1 aromatic rings. The fourth-order valence-electron chi connectivity index (χ4n) is 1.73. The number of hydrogen-bond acceptors (Lipinski definition) is 1. The first-order valence-electron chi connectivity index (χ1n) is 5.13. The first kappa shape index (κ1) is 13.0. The summed E-state index contributed by atoms with van der Waals surface area (Å²) < 4.78 is 2.75. The second-order valence-corrected chi connectivity index (χ2v) is 4.93. The number of Topliss-reactive ketones (excluding diaryl/α,β-unsaturated/α-hetero) is 1. The SMILES string of the molecule is C=Cc1c(C(=C)Br)c(C(C)=O)cn1C(C)C. The molecule has 86 valence electrons. The van der Waals surface area contributed by atoms with Crippen molar-refractivity contribution >= 4 is 32.3 Å². The Morgan fingerprint density at radius 1 is 1.56 bits per heavy atom. The third kappa shape index (κ3) is 2.19. The molecule has 0 aliphatic carbocycles. The Kier molecular flexibility index (Phi) is 3.92. The molecule has 16 heavy (non-hydrogen) atoms. The summed E-state index contributed by atoms with van der Waals surface area (Å²) in [5.41, 5.74) is 2.46. The van der Waals surface area contributed by atoms with Crippen LogP contribution in [-0.4, -0.2) is 10.4 Å². The molecule has 0 N–H and O–H groups in total. The van der Waals surface area contributed by atoms with Gasteiger partial charge in [0, 0.05) is 33.5 Å². The third-order valence-electron chi connectivity index (χ3n) is 2.47. The second kappa shape index (κ2) is 4.83. The highest BCUT2D eigenvalue weighted by Crippen LogP contribution is 2.31. The predicted octanol–water partition coefficient (Wildman–Crippen LogP) is 4.28. The number of carbonyl (C=O) groups excluding carboxylic acids is 1. The van der Waals surface area contributed by atoms with Crippen LogP contribution in [0, 0.1) is 0 Å². The van der Waals surface area contributed by atoms with Crippen LogP contribution in [0.25, 0.3) is 10.6 Å². The lowest BCUT2D eigenvalue weighted by molar-refractivity contribution is 0.101. The molecule has 1 heterocycles. The van der Waals surface area contributed by atoms with Crippen molar-refractivity contribution in [3.63, 3.8) is 0 Å². The van der Waals surface area contributed by atoms with Crippen LogP contribution in [0.15, 0.2) is 19.4 Å². The average Bonchev–Trinajstić information content (AvgIpc) is 2.56. The highest BCUT2D eigenvalue weighted by atomic mass is 79.9. The fraction of sp³-hybridized carbons (Fsp3) is 0.308. The second-order valence-electron chi connectivity index (χ2n) is 3.97. The van der Waals surface area contributed by atoms with Crippen molar-refractivity contribution in [2.75, 3.05) is 0 Å². The smallest absolute Gasteiger partial charge is 0.161 e. The van der Waals surface area contributed by atoms with E-state index in [4.69, 9.17) is 0 Å². The average molecular weight is 282 g/mol. The van der Waals surface area contributed by atoms with E-state index in [1.54, 1.807) is 13.0 Å². The molecule has 0 fully saturated rings. The fourth-order valence-corrected chi connectivity index (χ4v) is 2.14. The molecule has 0 saturated carbocycles. The lowest BCUT2D eigenvalue weighted by atomic mass is 10.1. The van der Waals surface area contributed by atoms with Crippen LogP contribution in [0.5, 0.6) is 0 Å². The molecule has 0 aliphatic heterocycles. The minimum Gasteiger partial charge on any atom is -0.344 e. The van der Waals surface area contributed by atoms with Gasteiger partial charge in [-0.1, -0.05) is 29.1 Å². The highest BCUT2D eigenvalue weighted by Gasteiger charge is 2.18. The van der Waals surface area contributed by atoms with Crippen molar-refractivity contribution in [2.45, 2.75) is 26.8 Å². The Balaban J connectivity index is 3.58. The zero-order valence-electron chi connectivity index (χ0n) is 9.88. The van der Waals surface area contributed by atoms with Crippen molar-refractivity contribution in [2.24, 2.45) is 0 Å². The molecular weight excluding hydrogens is 266 g/mol. The molecule has 0 radical (unpaired) electrons. The molecular formula is C13H16BrNO. The van der Waals surface area contributed by atoms with Crippen LogP contribution in [0.4, 0.5) is 0 Å². The first-order valence-corrected chi connectivity index (χ1v) is 5.92. The van der Waals surface area contributed by atoms with Crippen LogP contribution < -0.4 is 0 Å². The van der Waals surface area contributed by atoms with Crippen molar-refractivity contribution in [3.05, 3.63) is 36.2 Å². The summed E-state index contributed by atoms with van der Waals surface area (Å²) in [6.07, 6.45) is 3.62. The van der Waals surface area contributed by atoms with E-state index < -0.39 is 0 Å².